The highest BCUT2D eigenvalue weighted by Crippen LogP contribution is 2.47. The molecule has 0 atom stereocenters. The van der Waals surface area contributed by atoms with Crippen molar-refractivity contribution in [3.8, 4) is 0 Å². The molecule has 0 amide bonds. The van der Waals surface area contributed by atoms with E-state index in [-0.39, 0.29) is 10.3 Å². The van der Waals surface area contributed by atoms with E-state index in [9.17, 15) is 0 Å². The fraction of sp³-hybridized carbons (Fsp3) is 1.00. The van der Waals surface area contributed by atoms with E-state index in [2.05, 4.69) is 34.6 Å². The Morgan fingerprint density at radius 1 is 0.273 bits per heavy atom. The van der Waals surface area contributed by atoms with Crippen LogP contribution in [0.2, 0.25) is 0 Å². The zero-order valence-electron chi connectivity index (χ0n) is 31.8. The summed E-state index contributed by atoms with van der Waals surface area (Å²) >= 11 is 7.54. The van der Waals surface area contributed by atoms with Crippen LogP contribution in [0.15, 0.2) is 0 Å². The van der Waals surface area contributed by atoms with Crippen LogP contribution < -0.4 is 0 Å². The van der Waals surface area contributed by atoms with E-state index in [1.54, 1.807) is 0 Å². The quantitative estimate of drug-likeness (QED) is 0.0469. The SMILES string of the molecule is CCCCCCCCCCCCCCCCCCC(Cl)(CCCCCCCCCCCCCCCCCC)C(C)(C)CCC. The zero-order chi connectivity index (χ0) is 32.5. The van der Waals surface area contributed by atoms with Crippen molar-refractivity contribution < 1.29 is 0 Å². The van der Waals surface area contributed by atoms with Gasteiger partial charge in [-0.3, -0.25) is 0 Å². The third-order valence-electron chi connectivity index (χ3n) is 10.9. The van der Waals surface area contributed by atoms with Crippen molar-refractivity contribution in [3.05, 3.63) is 0 Å². The molecule has 44 heavy (non-hydrogen) atoms. The maximum absolute atomic E-state index is 7.54. The molecule has 0 aliphatic rings. The third-order valence-corrected chi connectivity index (χ3v) is 11.8. The van der Waals surface area contributed by atoms with Gasteiger partial charge in [0.25, 0.3) is 0 Å². The molecule has 1 heteroatoms. The summed E-state index contributed by atoms with van der Waals surface area (Å²) in [5, 5.41) is 0. The minimum atomic E-state index is -0.00495. The van der Waals surface area contributed by atoms with Crippen LogP contribution in [0.3, 0.4) is 0 Å². The zero-order valence-corrected chi connectivity index (χ0v) is 32.6. The predicted molar refractivity (Wildman–Crippen MR) is 206 cm³/mol. The minimum absolute atomic E-state index is 0.00495. The molecule has 0 nitrogen and oxygen atoms in total. The number of hydrogen-bond donors (Lipinski definition) is 0. The number of rotatable bonds is 37. The van der Waals surface area contributed by atoms with Gasteiger partial charge in [-0.25, -0.2) is 0 Å². The number of unbranched alkanes of at least 4 members (excludes halogenated alkanes) is 30. The van der Waals surface area contributed by atoms with Crippen molar-refractivity contribution >= 4 is 11.6 Å². The molecular formula is C43H87Cl. The van der Waals surface area contributed by atoms with Gasteiger partial charge in [-0.15, -0.1) is 11.6 Å². The van der Waals surface area contributed by atoms with Gasteiger partial charge >= 0.3 is 0 Å². The predicted octanol–water partition coefficient (Wildman–Crippen LogP) is 17.1. The molecule has 0 rings (SSSR count). The molecule has 0 aliphatic carbocycles. The molecule has 0 heterocycles. The largest absolute Gasteiger partial charge is 0.119 e. The summed E-state index contributed by atoms with van der Waals surface area (Å²) in [6.07, 6.45) is 51.0. The van der Waals surface area contributed by atoms with Crippen molar-refractivity contribution in [2.45, 2.75) is 271 Å². The van der Waals surface area contributed by atoms with Crippen molar-refractivity contribution in [1.29, 1.82) is 0 Å². The molecule has 0 saturated heterocycles. The Balaban J connectivity index is 3.84. The first-order valence-corrected chi connectivity index (χ1v) is 21.5. The van der Waals surface area contributed by atoms with Gasteiger partial charge < -0.3 is 0 Å². The van der Waals surface area contributed by atoms with E-state index in [0.717, 1.165) is 0 Å². The van der Waals surface area contributed by atoms with E-state index in [1.165, 1.54) is 231 Å². The maximum Gasteiger partial charge on any atom is 0.0497 e. The number of halogens is 1. The van der Waals surface area contributed by atoms with Crippen LogP contribution in [-0.2, 0) is 0 Å². The van der Waals surface area contributed by atoms with Gasteiger partial charge in [0.1, 0.15) is 0 Å². The van der Waals surface area contributed by atoms with Gasteiger partial charge in [-0.05, 0) is 24.7 Å². The Hall–Kier alpha value is 0.290. The summed E-state index contributed by atoms with van der Waals surface area (Å²) in [6, 6.07) is 0. The van der Waals surface area contributed by atoms with Crippen LogP contribution in [0, 0.1) is 5.41 Å². The Morgan fingerprint density at radius 2 is 0.477 bits per heavy atom. The minimum Gasteiger partial charge on any atom is -0.119 e. The Morgan fingerprint density at radius 3 is 0.682 bits per heavy atom. The lowest BCUT2D eigenvalue weighted by Crippen LogP contribution is -2.39. The van der Waals surface area contributed by atoms with E-state index in [1.807, 2.05) is 0 Å². The van der Waals surface area contributed by atoms with Gasteiger partial charge in [0.05, 0.1) is 0 Å². The molecule has 0 aromatic rings. The Bertz CT molecular complexity index is 501. The highest BCUT2D eigenvalue weighted by Gasteiger charge is 2.41. The molecule has 0 aromatic carbocycles. The average Bonchev–Trinajstić information content (AvgIpc) is 3.00. The summed E-state index contributed by atoms with van der Waals surface area (Å²) in [7, 11) is 0. The van der Waals surface area contributed by atoms with Gasteiger partial charge in [0.15, 0.2) is 0 Å². The van der Waals surface area contributed by atoms with Gasteiger partial charge in [-0.2, -0.15) is 0 Å². The fourth-order valence-electron chi connectivity index (χ4n) is 7.56. The van der Waals surface area contributed by atoms with Crippen LogP contribution in [0.25, 0.3) is 0 Å². The summed E-state index contributed by atoms with van der Waals surface area (Å²) in [6.45, 7) is 11.9. The topological polar surface area (TPSA) is 0 Å². The first-order valence-electron chi connectivity index (χ1n) is 21.1. The molecule has 0 spiro atoms. The van der Waals surface area contributed by atoms with Crippen LogP contribution >= 0.6 is 11.6 Å². The van der Waals surface area contributed by atoms with E-state index in [4.69, 9.17) is 11.6 Å². The second-order valence-corrected chi connectivity index (χ2v) is 16.4. The van der Waals surface area contributed by atoms with Crippen molar-refractivity contribution in [2.24, 2.45) is 5.41 Å². The van der Waals surface area contributed by atoms with Crippen LogP contribution in [-0.4, -0.2) is 4.87 Å². The monoisotopic (exact) mass is 639 g/mol. The number of hydrogen-bond acceptors (Lipinski definition) is 0. The van der Waals surface area contributed by atoms with Crippen LogP contribution in [0.1, 0.15) is 266 Å². The summed E-state index contributed by atoms with van der Waals surface area (Å²) in [4.78, 5) is -0.00495. The molecule has 0 unspecified atom stereocenters. The molecule has 266 valence electrons. The van der Waals surface area contributed by atoms with E-state index in [0.29, 0.717) is 0 Å². The lowest BCUT2D eigenvalue weighted by Gasteiger charge is -2.43. The normalized spacial score (nSPS) is 12.4. The van der Waals surface area contributed by atoms with Crippen molar-refractivity contribution in [3.63, 3.8) is 0 Å². The molecule has 0 aliphatic heterocycles. The maximum atomic E-state index is 7.54. The second-order valence-electron chi connectivity index (χ2n) is 15.7. The molecule has 0 N–H and O–H groups in total. The lowest BCUT2D eigenvalue weighted by atomic mass is 9.70. The summed E-state index contributed by atoms with van der Waals surface area (Å²) < 4.78 is 0. The second kappa shape index (κ2) is 33.2. The van der Waals surface area contributed by atoms with E-state index < -0.39 is 0 Å². The van der Waals surface area contributed by atoms with Crippen LogP contribution in [0.4, 0.5) is 0 Å². The molecule has 0 radical (unpaired) electrons. The highest BCUT2D eigenvalue weighted by molar-refractivity contribution is 6.24. The number of alkyl halides is 1. The Labute approximate surface area is 286 Å². The standard InChI is InChI=1S/C43H87Cl/c1-6-9-11-13-15-17-19-21-23-25-27-29-31-33-35-37-40-43(44,42(4,5)39-8-3)41-38-36-34-32-30-28-26-24-22-20-18-16-14-12-10-7-2/h6-41H2,1-5H3. The molecule has 0 fully saturated rings. The van der Waals surface area contributed by atoms with Gasteiger partial charge in [0.2, 0.25) is 0 Å². The smallest absolute Gasteiger partial charge is 0.0497 e. The lowest BCUT2D eigenvalue weighted by molar-refractivity contribution is 0.189. The molecule has 0 saturated carbocycles. The van der Waals surface area contributed by atoms with Crippen molar-refractivity contribution in [1.82, 2.24) is 0 Å². The summed E-state index contributed by atoms with van der Waals surface area (Å²) in [5.74, 6) is 0. The fourth-order valence-corrected chi connectivity index (χ4v) is 7.92. The third kappa shape index (κ3) is 27.4. The first-order chi connectivity index (χ1) is 21.4. The summed E-state index contributed by atoms with van der Waals surface area (Å²) in [5.41, 5.74) is 0.244. The average molecular weight is 640 g/mol. The highest BCUT2D eigenvalue weighted by atomic mass is 35.5. The van der Waals surface area contributed by atoms with Crippen LogP contribution in [0.5, 0.6) is 0 Å². The molecule has 0 aromatic heterocycles. The van der Waals surface area contributed by atoms with Gasteiger partial charge in [-0.1, -0.05) is 247 Å². The Kier molecular flexibility index (Phi) is 33.4. The molecule has 0 bridgehead atoms. The van der Waals surface area contributed by atoms with Gasteiger partial charge in [0, 0.05) is 4.87 Å². The van der Waals surface area contributed by atoms with Crippen molar-refractivity contribution in [2.75, 3.05) is 0 Å². The first kappa shape index (κ1) is 44.3. The molecular weight excluding hydrogens is 552 g/mol. The van der Waals surface area contributed by atoms with E-state index >= 15 is 0 Å².